The van der Waals surface area contributed by atoms with Gasteiger partial charge in [-0.05, 0) is 31.0 Å². The van der Waals surface area contributed by atoms with Crippen molar-refractivity contribution in [2.45, 2.75) is 30.7 Å². The number of hydrogen-bond acceptors (Lipinski definition) is 5. The molecule has 1 aromatic carbocycles. The van der Waals surface area contributed by atoms with Crippen molar-refractivity contribution in [2.24, 2.45) is 0 Å². The molecule has 0 N–H and O–H groups in total. The smallest absolute Gasteiger partial charge is 0.195 e. The summed E-state index contributed by atoms with van der Waals surface area (Å²) in [6.07, 6.45) is 3.88. The molecule has 0 radical (unpaired) electrons. The van der Waals surface area contributed by atoms with E-state index < -0.39 is 0 Å². The zero-order chi connectivity index (χ0) is 15.4. The molecule has 0 spiro atoms. The molecule has 0 unspecified atom stereocenters. The Hall–Kier alpha value is -1.37. The van der Waals surface area contributed by atoms with E-state index in [0.29, 0.717) is 5.02 Å². The molecular formula is C15H15ClN4S2. The number of nitrogens with zero attached hydrogens (tertiary/aromatic N) is 4. The fourth-order valence-electron chi connectivity index (χ4n) is 2.01. The molecular weight excluding hydrogens is 336 g/mol. The van der Waals surface area contributed by atoms with Crippen molar-refractivity contribution < 1.29 is 0 Å². The molecule has 4 nitrogen and oxygen atoms in total. The second-order valence-electron chi connectivity index (χ2n) is 4.73. The molecule has 2 heterocycles. The van der Waals surface area contributed by atoms with Gasteiger partial charge in [0.2, 0.25) is 0 Å². The van der Waals surface area contributed by atoms with Gasteiger partial charge in [-0.1, -0.05) is 36.4 Å². The van der Waals surface area contributed by atoms with Gasteiger partial charge in [0, 0.05) is 16.2 Å². The summed E-state index contributed by atoms with van der Waals surface area (Å²) in [5, 5.41) is 13.1. The summed E-state index contributed by atoms with van der Waals surface area (Å²) in [6, 6.07) is 7.66. The first-order valence-corrected chi connectivity index (χ1v) is 9.22. The minimum atomic E-state index is 0.700. The molecule has 0 saturated carbocycles. The molecule has 22 heavy (non-hydrogen) atoms. The average molecular weight is 351 g/mol. The maximum Gasteiger partial charge on any atom is 0.195 e. The van der Waals surface area contributed by atoms with E-state index >= 15 is 0 Å². The van der Waals surface area contributed by atoms with E-state index in [0.717, 1.165) is 35.1 Å². The van der Waals surface area contributed by atoms with E-state index in [1.54, 1.807) is 29.4 Å². The van der Waals surface area contributed by atoms with Crippen LogP contribution in [0.15, 0.2) is 41.1 Å². The summed E-state index contributed by atoms with van der Waals surface area (Å²) in [5.41, 5.74) is 2.06. The third kappa shape index (κ3) is 3.69. The molecule has 2 aromatic heterocycles. The van der Waals surface area contributed by atoms with Gasteiger partial charge in [-0.25, -0.2) is 4.98 Å². The number of rotatable bonds is 6. The van der Waals surface area contributed by atoms with E-state index in [1.807, 2.05) is 28.8 Å². The van der Waals surface area contributed by atoms with Crippen LogP contribution in [-0.2, 0) is 12.2 Å². The van der Waals surface area contributed by atoms with Crippen LogP contribution >= 0.6 is 34.7 Å². The molecule has 0 aliphatic heterocycles. The monoisotopic (exact) mass is 350 g/mol. The summed E-state index contributed by atoms with van der Waals surface area (Å²) in [6.45, 7) is 2.17. The van der Waals surface area contributed by atoms with Crippen molar-refractivity contribution in [3.8, 4) is 5.69 Å². The topological polar surface area (TPSA) is 43.6 Å². The van der Waals surface area contributed by atoms with Crippen molar-refractivity contribution in [3.63, 3.8) is 0 Å². The normalized spacial score (nSPS) is 11.0. The average Bonchev–Trinajstić information content (AvgIpc) is 3.14. The van der Waals surface area contributed by atoms with E-state index in [1.165, 1.54) is 5.01 Å². The van der Waals surface area contributed by atoms with Crippen molar-refractivity contribution in [2.75, 3.05) is 0 Å². The zero-order valence-corrected chi connectivity index (χ0v) is 14.5. The summed E-state index contributed by atoms with van der Waals surface area (Å²) in [7, 11) is 0. The number of hydrogen-bond donors (Lipinski definition) is 0. The third-order valence-corrected chi connectivity index (χ3v) is 5.18. The summed E-state index contributed by atoms with van der Waals surface area (Å²) in [5.74, 6) is 0.791. The number of aromatic nitrogens is 4. The van der Waals surface area contributed by atoms with Crippen LogP contribution in [-0.4, -0.2) is 19.7 Å². The maximum atomic E-state index is 6.05. The quantitative estimate of drug-likeness (QED) is 0.608. The highest BCUT2D eigenvalue weighted by molar-refractivity contribution is 7.98. The van der Waals surface area contributed by atoms with Gasteiger partial charge in [-0.3, -0.25) is 4.57 Å². The number of halogens is 1. The minimum Gasteiger partial charge on any atom is -0.277 e. The summed E-state index contributed by atoms with van der Waals surface area (Å²) >= 11 is 9.41. The Morgan fingerprint density at radius 2 is 2.27 bits per heavy atom. The van der Waals surface area contributed by atoms with Gasteiger partial charge >= 0.3 is 0 Å². The predicted octanol–water partition coefficient (Wildman–Crippen LogP) is 4.62. The lowest BCUT2D eigenvalue weighted by molar-refractivity contribution is 0.881. The lowest BCUT2D eigenvalue weighted by atomic mass is 10.3. The zero-order valence-electron chi connectivity index (χ0n) is 12.1. The molecule has 114 valence electrons. The number of benzene rings is 1. The molecule has 3 aromatic rings. The SMILES string of the molecule is CCCc1nc(CSc2nncn2-c2cccc(Cl)c2)cs1. The summed E-state index contributed by atoms with van der Waals surface area (Å²) < 4.78 is 1.94. The van der Waals surface area contributed by atoms with E-state index in [4.69, 9.17) is 11.6 Å². The van der Waals surface area contributed by atoms with Gasteiger partial charge in [0.05, 0.1) is 16.4 Å². The van der Waals surface area contributed by atoms with E-state index in [9.17, 15) is 0 Å². The second kappa shape index (κ2) is 7.26. The molecule has 0 atom stereocenters. The highest BCUT2D eigenvalue weighted by Crippen LogP contribution is 2.25. The highest BCUT2D eigenvalue weighted by atomic mass is 35.5. The van der Waals surface area contributed by atoms with Crippen molar-refractivity contribution in [1.82, 2.24) is 19.7 Å². The first-order chi connectivity index (χ1) is 10.8. The van der Waals surface area contributed by atoms with E-state index in [2.05, 4.69) is 27.5 Å². The van der Waals surface area contributed by atoms with Crippen molar-refractivity contribution in [3.05, 3.63) is 51.7 Å². The van der Waals surface area contributed by atoms with Crippen molar-refractivity contribution in [1.29, 1.82) is 0 Å². The lowest BCUT2D eigenvalue weighted by Crippen LogP contribution is -1.95. The van der Waals surface area contributed by atoms with Crippen LogP contribution in [0, 0.1) is 0 Å². The minimum absolute atomic E-state index is 0.700. The molecule has 0 aliphatic rings. The Bertz CT molecular complexity index is 753. The molecule has 0 amide bonds. The Kier molecular flexibility index (Phi) is 5.12. The van der Waals surface area contributed by atoms with Crippen LogP contribution < -0.4 is 0 Å². The molecule has 7 heteroatoms. The molecule has 3 rings (SSSR count). The summed E-state index contributed by atoms with van der Waals surface area (Å²) in [4.78, 5) is 4.64. The number of thioether (sulfide) groups is 1. The Morgan fingerprint density at radius 1 is 1.36 bits per heavy atom. The standard InChI is InChI=1S/C15H15ClN4S2/c1-2-4-14-18-12(8-21-14)9-22-15-19-17-10-20(15)13-6-3-5-11(16)7-13/h3,5-8,10H,2,4,9H2,1H3. The number of thiazole rings is 1. The highest BCUT2D eigenvalue weighted by Gasteiger charge is 2.09. The van der Waals surface area contributed by atoms with Crippen LogP contribution in [0.1, 0.15) is 24.0 Å². The molecule has 0 aliphatic carbocycles. The first-order valence-electron chi connectivity index (χ1n) is 6.98. The van der Waals surface area contributed by atoms with E-state index in [-0.39, 0.29) is 0 Å². The molecule has 0 saturated heterocycles. The van der Waals surface area contributed by atoms with Crippen LogP contribution in [0.4, 0.5) is 0 Å². The molecule has 0 fully saturated rings. The number of aryl methyl sites for hydroxylation is 1. The van der Waals surface area contributed by atoms with Gasteiger partial charge < -0.3 is 0 Å². The van der Waals surface area contributed by atoms with Crippen LogP contribution in [0.3, 0.4) is 0 Å². The first kappa shape index (κ1) is 15.5. The van der Waals surface area contributed by atoms with Crippen LogP contribution in [0.2, 0.25) is 5.02 Å². The van der Waals surface area contributed by atoms with Crippen molar-refractivity contribution >= 4 is 34.7 Å². The second-order valence-corrected chi connectivity index (χ2v) is 7.06. The lowest BCUT2D eigenvalue weighted by Gasteiger charge is -2.05. The maximum absolute atomic E-state index is 6.05. The van der Waals surface area contributed by atoms with Crippen LogP contribution in [0.5, 0.6) is 0 Å². The fourth-order valence-corrected chi connectivity index (χ4v) is 4.02. The van der Waals surface area contributed by atoms with Gasteiger partial charge in [0.25, 0.3) is 0 Å². The largest absolute Gasteiger partial charge is 0.277 e. The predicted molar refractivity (Wildman–Crippen MR) is 92.0 cm³/mol. The third-order valence-electron chi connectivity index (χ3n) is 3.02. The molecule has 0 bridgehead atoms. The fraction of sp³-hybridized carbons (Fsp3) is 0.267. The Labute approximate surface area is 142 Å². The Balaban J connectivity index is 1.72. The van der Waals surface area contributed by atoms with Gasteiger partial charge in [0.1, 0.15) is 6.33 Å². The Morgan fingerprint density at radius 3 is 3.09 bits per heavy atom. The van der Waals surface area contributed by atoms with Gasteiger partial charge in [-0.2, -0.15) is 0 Å². The van der Waals surface area contributed by atoms with Gasteiger partial charge in [0.15, 0.2) is 5.16 Å². The van der Waals surface area contributed by atoms with Crippen LogP contribution in [0.25, 0.3) is 5.69 Å². The van der Waals surface area contributed by atoms with Gasteiger partial charge in [-0.15, -0.1) is 21.5 Å².